The summed E-state index contributed by atoms with van der Waals surface area (Å²) in [5.41, 5.74) is 8.59. The zero-order valence-corrected chi connectivity index (χ0v) is 28.6. The number of carbonyl (C=O) groups is 1. The van der Waals surface area contributed by atoms with Crippen LogP contribution in [0.5, 0.6) is 5.75 Å². The lowest BCUT2D eigenvalue weighted by Gasteiger charge is -2.39. The molecule has 1 amide bonds. The van der Waals surface area contributed by atoms with Gasteiger partial charge < -0.3 is 15.4 Å². The molecule has 0 unspecified atom stereocenters. The number of pyridine rings is 1. The van der Waals surface area contributed by atoms with Gasteiger partial charge in [0.1, 0.15) is 11.2 Å². The highest BCUT2D eigenvalue weighted by Crippen LogP contribution is 2.43. The van der Waals surface area contributed by atoms with Gasteiger partial charge in [-0.1, -0.05) is 66.6 Å². The molecular weight excluding hydrogens is 582 g/mol. The van der Waals surface area contributed by atoms with Crippen molar-refractivity contribution >= 4 is 5.91 Å². The van der Waals surface area contributed by atoms with Crippen molar-refractivity contribution in [1.29, 1.82) is 0 Å². The first-order valence-electron chi connectivity index (χ1n) is 17.5. The molecular formula is C40H53N5O2. The molecule has 2 aliphatic heterocycles. The lowest BCUT2D eigenvalue weighted by atomic mass is 9.64. The van der Waals surface area contributed by atoms with Gasteiger partial charge in [0.25, 0.3) is 0 Å². The highest BCUT2D eigenvalue weighted by Gasteiger charge is 2.49. The van der Waals surface area contributed by atoms with Crippen molar-refractivity contribution in [2.75, 3.05) is 46.4 Å². The second-order valence-electron chi connectivity index (χ2n) is 13.5. The van der Waals surface area contributed by atoms with Crippen molar-refractivity contribution in [3.05, 3.63) is 95.8 Å². The van der Waals surface area contributed by atoms with Crippen LogP contribution < -0.4 is 10.5 Å². The molecule has 1 atom stereocenters. The van der Waals surface area contributed by atoms with Gasteiger partial charge in [0.15, 0.2) is 0 Å². The van der Waals surface area contributed by atoms with Crippen molar-refractivity contribution in [3.8, 4) is 17.6 Å². The number of nitrogens with two attached hydrogens (primary N) is 1. The maximum absolute atomic E-state index is 13.3. The van der Waals surface area contributed by atoms with E-state index in [4.69, 9.17) is 10.5 Å². The minimum Gasteiger partial charge on any atom is -0.496 e. The molecule has 0 bridgehead atoms. The third-order valence-corrected chi connectivity index (χ3v) is 10.3. The molecule has 2 fully saturated rings. The second kappa shape index (κ2) is 16.9. The summed E-state index contributed by atoms with van der Waals surface area (Å²) in [6.07, 6.45) is 10.1. The molecule has 0 spiro atoms. The van der Waals surface area contributed by atoms with Crippen LogP contribution in [0.4, 0.5) is 0 Å². The number of unbranched alkanes of at least 4 members (excludes halogenated alkanes) is 2. The number of rotatable bonds is 14. The van der Waals surface area contributed by atoms with Gasteiger partial charge in [0.05, 0.1) is 13.7 Å². The summed E-state index contributed by atoms with van der Waals surface area (Å²) in [6.45, 7) is 11.3. The Kier molecular flexibility index (Phi) is 12.5. The van der Waals surface area contributed by atoms with Crippen LogP contribution in [0.15, 0.2) is 79.1 Å². The van der Waals surface area contributed by atoms with E-state index >= 15 is 0 Å². The van der Waals surface area contributed by atoms with E-state index in [0.29, 0.717) is 12.1 Å². The molecule has 1 aromatic heterocycles. The monoisotopic (exact) mass is 635 g/mol. The molecule has 2 aliphatic rings. The third kappa shape index (κ3) is 8.43. The number of amides is 1. The minimum atomic E-state index is -0.825. The Hall–Kier alpha value is -3.70. The predicted molar refractivity (Wildman–Crippen MR) is 190 cm³/mol. The molecule has 47 heavy (non-hydrogen) atoms. The Labute approximate surface area is 282 Å². The van der Waals surface area contributed by atoms with Crippen LogP contribution in [0, 0.1) is 17.8 Å². The molecule has 7 nitrogen and oxygen atoms in total. The topological polar surface area (TPSA) is 74.9 Å². The number of carbonyl (C=O) groups excluding carboxylic acids is 1. The average Bonchev–Trinajstić information content (AvgIpc) is 3.56. The fourth-order valence-electron chi connectivity index (χ4n) is 7.82. The molecule has 2 N–H and O–H groups in total. The Balaban J connectivity index is 1.07. The van der Waals surface area contributed by atoms with Crippen LogP contribution in [0.1, 0.15) is 69.1 Å². The zero-order chi connectivity index (χ0) is 33.1. The number of likely N-dealkylation sites (tertiary alicyclic amines) is 2. The largest absolute Gasteiger partial charge is 0.496 e. The summed E-state index contributed by atoms with van der Waals surface area (Å²) in [5, 5.41) is 0. The maximum atomic E-state index is 13.3. The van der Waals surface area contributed by atoms with Crippen LogP contribution in [0.2, 0.25) is 0 Å². The van der Waals surface area contributed by atoms with Gasteiger partial charge in [-0.3, -0.25) is 19.6 Å². The third-order valence-electron chi connectivity index (χ3n) is 10.3. The Morgan fingerprint density at radius 2 is 1.62 bits per heavy atom. The fraction of sp³-hybridized carbons (Fsp3) is 0.500. The molecule has 250 valence electrons. The Morgan fingerprint density at radius 3 is 2.23 bits per heavy atom. The van der Waals surface area contributed by atoms with Crippen molar-refractivity contribution < 1.29 is 9.53 Å². The molecule has 7 heteroatoms. The minimum absolute atomic E-state index is 0.136. The van der Waals surface area contributed by atoms with Gasteiger partial charge in [-0.05, 0) is 95.2 Å². The van der Waals surface area contributed by atoms with Gasteiger partial charge in [-0.25, -0.2) is 0 Å². The van der Waals surface area contributed by atoms with Crippen molar-refractivity contribution in [2.45, 2.75) is 76.4 Å². The quantitative estimate of drug-likeness (QED) is 0.180. The highest BCUT2D eigenvalue weighted by molar-refractivity contribution is 5.91. The number of piperidine rings is 1. The Morgan fingerprint density at radius 1 is 0.957 bits per heavy atom. The number of primary amides is 1. The molecule has 3 heterocycles. The van der Waals surface area contributed by atoms with Crippen molar-refractivity contribution in [3.63, 3.8) is 0 Å². The van der Waals surface area contributed by atoms with Gasteiger partial charge in [-0.2, -0.15) is 0 Å². The number of nitrogens with zero attached hydrogens (tertiary/aromatic N) is 4. The van der Waals surface area contributed by atoms with Crippen LogP contribution in [0.3, 0.4) is 0 Å². The highest BCUT2D eigenvalue weighted by atomic mass is 16.5. The van der Waals surface area contributed by atoms with Crippen LogP contribution in [-0.4, -0.2) is 84.1 Å². The summed E-state index contributed by atoms with van der Waals surface area (Å²) >= 11 is 0. The number of benzene rings is 2. The predicted octanol–water partition coefficient (Wildman–Crippen LogP) is 5.73. The molecule has 5 rings (SSSR count). The SMILES string of the molecule is COc1ccncc1CN1CCC(N(CC#CCCCCN2CC[C@@H](C(C(N)=O)(c3ccccc3)c3ccccc3)C2)C(C)C)CC1. The molecule has 0 aliphatic carbocycles. The molecule has 0 radical (unpaired) electrons. The maximum Gasteiger partial charge on any atom is 0.232 e. The van der Waals surface area contributed by atoms with E-state index in [-0.39, 0.29) is 11.8 Å². The number of hydrogen-bond donors (Lipinski definition) is 1. The van der Waals surface area contributed by atoms with Gasteiger partial charge in [0.2, 0.25) is 5.91 Å². The van der Waals surface area contributed by atoms with Crippen molar-refractivity contribution in [2.24, 2.45) is 11.7 Å². The summed E-state index contributed by atoms with van der Waals surface area (Å²) in [7, 11) is 1.73. The number of methoxy groups -OCH3 is 1. The smallest absolute Gasteiger partial charge is 0.232 e. The van der Waals surface area contributed by atoms with Crippen LogP contribution in [0.25, 0.3) is 0 Å². The van der Waals surface area contributed by atoms with E-state index in [1.165, 1.54) is 0 Å². The van der Waals surface area contributed by atoms with Crippen molar-refractivity contribution in [1.82, 2.24) is 19.7 Å². The summed E-state index contributed by atoms with van der Waals surface area (Å²) in [4.78, 5) is 25.3. The van der Waals surface area contributed by atoms with E-state index in [1.807, 2.05) is 48.7 Å². The number of ether oxygens (including phenoxy) is 1. The first-order chi connectivity index (χ1) is 22.9. The van der Waals surface area contributed by atoms with Crippen LogP contribution in [-0.2, 0) is 16.8 Å². The Bertz CT molecular complexity index is 1420. The fourth-order valence-corrected chi connectivity index (χ4v) is 7.82. The van der Waals surface area contributed by atoms with Crippen LogP contribution >= 0.6 is 0 Å². The van der Waals surface area contributed by atoms with Gasteiger partial charge in [0, 0.05) is 49.6 Å². The first kappa shape index (κ1) is 34.6. The van der Waals surface area contributed by atoms with E-state index < -0.39 is 5.41 Å². The first-order valence-corrected chi connectivity index (χ1v) is 17.5. The van der Waals surface area contributed by atoms with E-state index in [9.17, 15) is 4.79 Å². The standard InChI is InChI=1S/C40H53N5O2/c1-32(2)45(37-21-27-44(28-22-37)30-33-29-42-23-19-38(33)47-3)25-14-6-4-5-13-24-43-26-20-36(31-43)40(39(41)46,34-15-9-7-10-16-34)35-17-11-8-12-18-35/h7-12,15-19,23,29,32,36-37H,4-5,13,20-22,24-28,30-31H2,1-3H3,(H2,41,46)/t36-/m1/s1. The summed E-state index contributed by atoms with van der Waals surface area (Å²) < 4.78 is 5.53. The molecule has 3 aromatic rings. The summed E-state index contributed by atoms with van der Waals surface area (Å²) in [5.74, 6) is 7.78. The number of hydrogen-bond acceptors (Lipinski definition) is 6. The number of aromatic nitrogens is 1. The lowest BCUT2D eigenvalue weighted by Crippen LogP contribution is -2.49. The van der Waals surface area contributed by atoms with Gasteiger partial charge >= 0.3 is 0 Å². The molecule has 2 aromatic carbocycles. The molecule has 2 saturated heterocycles. The van der Waals surface area contributed by atoms with E-state index in [1.54, 1.807) is 13.3 Å². The van der Waals surface area contributed by atoms with Gasteiger partial charge in [-0.15, -0.1) is 5.92 Å². The zero-order valence-electron chi connectivity index (χ0n) is 28.6. The second-order valence-corrected chi connectivity index (χ2v) is 13.5. The summed E-state index contributed by atoms with van der Waals surface area (Å²) in [6, 6.07) is 23.3. The molecule has 0 saturated carbocycles. The van der Waals surface area contributed by atoms with E-state index in [2.05, 4.69) is 69.6 Å². The average molecular weight is 636 g/mol. The lowest BCUT2D eigenvalue weighted by molar-refractivity contribution is -0.123. The normalized spacial score (nSPS) is 17.9. The van der Waals surface area contributed by atoms with E-state index in [0.717, 1.165) is 107 Å².